The number of ketones is 1. The molecule has 2 aliphatic rings. The molecule has 23 heavy (non-hydrogen) atoms. The molecule has 5 nitrogen and oxygen atoms in total. The van der Waals surface area contributed by atoms with Crippen molar-refractivity contribution in [2.24, 2.45) is 5.92 Å². The number of fused-ring (bicyclic) bond motifs is 1. The molecule has 124 valence electrons. The summed E-state index contributed by atoms with van der Waals surface area (Å²) in [6, 6.07) is 1.55. The summed E-state index contributed by atoms with van der Waals surface area (Å²) in [5, 5.41) is 0.330. The molecular formula is C17H19ClO5. The highest BCUT2D eigenvalue weighted by Gasteiger charge is 2.47. The van der Waals surface area contributed by atoms with Crippen LogP contribution in [0.4, 0.5) is 0 Å². The number of halogens is 1. The van der Waals surface area contributed by atoms with Gasteiger partial charge in [-0.15, -0.1) is 0 Å². The molecule has 1 spiro atoms. The molecule has 6 heteroatoms. The zero-order chi connectivity index (χ0) is 16.8. The number of hydrogen-bond acceptors (Lipinski definition) is 5. The first-order valence-corrected chi connectivity index (χ1v) is 8.04. The molecule has 0 radical (unpaired) electrons. The predicted molar refractivity (Wildman–Crippen MR) is 84.2 cm³/mol. The van der Waals surface area contributed by atoms with E-state index in [4.69, 9.17) is 25.8 Å². The van der Waals surface area contributed by atoms with Crippen LogP contribution in [0.25, 0.3) is 0 Å². The van der Waals surface area contributed by atoms with Crippen LogP contribution >= 0.6 is 11.6 Å². The first-order valence-electron chi connectivity index (χ1n) is 7.67. The SMILES string of the molecule is COC(=O)c1cc(Cl)c2c(c1C)OC1(CCC(C(C)=O)CC1)O2. The minimum atomic E-state index is -0.780. The van der Waals surface area contributed by atoms with Crippen molar-refractivity contribution in [3.8, 4) is 11.5 Å². The van der Waals surface area contributed by atoms with Gasteiger partial charge in [0.05, 0.1) is 17.7 Å². The number of hydrogen-bond donors (Lipinski definition) is 0. The summed E-state index contributed by atoms with van der Waals surface area (Å²) in [6.07, 6.45) is 2.69. The Morgan fingerprint density at radius 1 is 1.26 bits per heavy atom. The van der Waals surface area contributed by atoms with E-state index in [0.717, 1.165) is 12.8 Å². The minimum Gasteiger partial charge on any atom is -0.465 e. The number of carbonyl (C=O) groups excluding carboxylic acids is 2. The first-order chi connectivity index (χ1) is 10.9. The van der Waals surface area contributed by atoms with Crippen molar-refractivity contribution in [2.75, 3.05) is 7.11 Å². The summed E-state index contributed by atoms with van der Waals surface area (Å²) in [7, 11) is 1.32. The minimum absolute atomic E-state index is 0.0683. The summed E-state index contributed by atoms with van der Waals surface area (Å²) in [6.45, 7) is 3.41. The van der Waals surface area contributed by atoms with E-state index in [1.807, 2.05) is 0 Å². The molecular weight excluding hydrogens is 320 g/mol. The van der Waals surface area contributed by atoms with Crippen molar-refractivity contribution in [3.63, 3.8) is 0 Å². The number of benzene rings is 1. The van der Waals surface area contributed by atoms with E-state index in [1.54, 1.807) is 19.9 Å². The lowest BCUT2D eigenvalue weighted by atomic mass is 9.83. The van der Waals surface area contributed by atoms with Gasteiger partial charge in [-0.05, 0) is 32.8 Å². The maximum Gasteiger partial charge on any atom is 0.338 e. The Hall–Kier alpha value is -1.75. The molecule has 1 aliphatic carbocycles. The summed E-state index contributed by atoms with van der Waals surface area (Å²) >= 11 is 6.26. The third-order valence-electron chi connectivity index (χ3n) is 4.74. The molecule has 1 aromatic rings. The Kier molecular flexibility index (Phi) is 4.00. The molecule has 1 aromatic carbocycles. The van der Waals surface area contributed by atoms with Crippen molar-refractivity contribution in [3.05, 3.63) is 22.2 Å². The summed E-state index contributed by atoms with van der Waals surface area (Å²) in [5.74, 6) is 0.00263. The van der Waals surface area contributed by atoms with Gasteiger partial charge in [-0.1, -0.05) is 11.6 Å². The number of ether oxygens (including phenoxy) is 3. The van der Waals surface area contributed by atoms with E-state index in [-0.39, 0.29) is 11.7 Å². The van der Waals surface area contributed by atoms with Crippen molar-refractivity contribution in [1.29, 1.82) is 0 Å². The molecule has 0 aromatic heterocycles. The number of methoxy groups -OCH3 is 1. The Bertz CT molecular complexity index is 674. The molecule has 0 bridgehead atoms. The molecule has 0 saturated heterocycles. The number of rotatable bonds is 2. The topological polar surface area (TPSA) is 61.8 Å². The second kappa shape index (κ2) is 5.71. The Labute approximate surface area is 139 Å². The van der Waals surface area contributed by atoms with Crippen molar-refractivity contribution in [2.45, 2.75) is 45.3 Å². The van der Waals surface area contributed by atoms with Gasteiger partial charge in [-0.25, -0.2) is 4.79 Å². The number of Topliss-reactive ketones (excluding diaryl/α,β-unsaturated/α-hetero) is 1. The van der Waals surface area contributed by atoms with Gasteiger partial charge in [0.2, 0.25) is 0 Å². The van der Waals surface area contributed by atoms with Gasteiger partial charge < -0.3 is 14.2 Å². The van der Waals surface area contributed by atoms with Crippen LogP contribution in [-0.4, -0.2) is 24.6 Å². The van der Waals surface area contributed by atoms with E-state index in [9.17, 15) is 9.59 Å². The summed E-state index contributed by atoms with van der Waals surface area (Å²) in [4.78, 5) is 23.4. The van der Waals surface area contributed by atoms with Gasteiger partial charge in [0.15, 0.2) is 11.5 Å². The zero-order valence-corrected chi connectivity index (χ0v) is 14.2. The average Bonchev–Trinajstić information content (AvgIpc) is 2.90. The van der Waals surface area contributed by atoms with Crippen LogP contribution in [0.5, 0.6) is 11.5 Å². The van der Waals surface area contributed by atoms with Gasteiger partial charge in [-0.3, -0.25) is 4.79 Å². The monoisotopic (exact) mass is 338 g/mol. The third kappa shape index (κ3) is 2.67. The Morgan fingerprint density at radius 2 is 1.87 bits per heavy atom. The second-order valence-electron chi connectivity index (χ2n) is 6.18. The van der Waals surface area contributed by atoms with Crippen LogP contribution in [0.1, 0.15) is 48.5 Å². The van der Waals surface area contributed by atoms with Gasteiger partial charge in [-0.2, -0.15) is 0 Å². The van der Waals surface area contributed by atoms with Crippen LogP contribution in [0, 0.1) is 12.8 Å². The fourth-order valence-corrected chi connectivity index (χ4v) is 3.54. The van der Waals surface area contributed by atoms with Gasteiger partial charge in [0.25, 0.3) is 5.79 Å². The Balaban J connectivity index is 1.90. The molecule has 0 unspecified atom stereocenters. The molecule has 1 aliphatic heterocycles. The summed E-state index contributed by atoms with van der Waals surface area (Å²) in [5.41, 5.74) is 1.02. The van der Waals surface area contributed by atoms with E-state index in [0.29, 0.717) is 40.5 Å². The second-order valence-corrected chi connectivity index (χ2v) is 6.59. The Morgan fingerprint density at radius 3 is 2.43 bits per heavy atom. The first kappa shape index (κ1) is 16.1. The van der Waals surface area contributed by atoms with E-state index in [2.05, 4.69) is 0 Å². The highest BCUT2D eigenvalue weighted by atomic mass is 35.5. The maximum atomic E-state index is 11.9. The lowest BCUT2D eigenvalue weighted by Crippen LogP contribution is -2.43. The molecule has 1 heterocycles. The molecule has 0 atom stereocenters. The van der Waals surface area contributed by atoms with Crippen LogP contribution in [-0.2, 0) is 9.53 Å². The van der Waals surface area contributed by atoms with Crippen LogP contribution in [0.15, 0.2) is 6.07 Å². The van der Waals surface area contributed by atoms with Crippen LogP contribution in [0.2, 0.25) is 5.02 Å². The molecule has 1 saturated carbocycles. The number of carbonyl (C=O) groups is 2. The van der Waals surface area contributed by atoms with Crippen LogP contribution in [0.3, 0.4) is 0 Å². The molecule has 0 N–H and O–H groups in total. The third-order valence-corrected chi connectivity index (χ3v) is 5.02. The normalized spacial score (nSPS) is 25.5. The number of esters is 1. The predicted octanol–water partition coefficient (Wildman–Crippen LogP) is 3.68. The van der Waals surface area contributed by atoms with E-state index >= 15 is 0 Å². The maximum absolute atomic E-state index is 11.9. The standard InChI is InChI=1S/C17H19ClO5/c1-9-12(16(20)21-3)8-13(18)15-14(9)22-17(23-15)6-4-11(5-7-17)10(2)19/h8,11H,4-7H2,1-3H3. The molecule has 1 fully saturated rings. The largest absolute Gasteiger partial charge is 0.465 e. The highest BCUT2D eigenvalue weighted by Crippen LogP contribution is 2.52. The molecule has 3 rings (SSSR count). The average molecular weight is 339 g/mol. The van der Waals surface area contributed by atoms with Crippen molar-refractivity contribution < 1.29 is 23.8 Å². The van der Waals surface area contributed by atoms with E-state index in [1.165, 1.54) is 7.11 Å². The fourth-order valence-electron chi connectivity index (χ4n) is 3.30. The van der Waals surface area contributed by atoms with Crippen LogP contribution < -0.4 is 9.47 Å². The van der Waals surface area contributed by atoms with Gasteiger partial charge in [0, 0.05) is 24.3 Å². The van der Waals surface area contributed by atoms with Crippen molar-refractivity contribution in [1.82, 2.24) is 0 Å². The van der Waals surface area contributed by atoms with E-state index < -0.39 is 11.8 Å². The quantitative estimate of drug-likeness (QED) is 0.770. The fraction of sp³-hybridized carbons (Fsp3) is 0.529. The summed E-state index contributed by atoms with van der Waals surface area (Å²) < 4.78 is 16.9. The lowest BCUT2D eigenvalue weighted by molar-refractivity contribution is -0.133. The highest BCUT2D eigenvalue weighted by molar-refractivity contribution is 6.32. The van der Waals surface area contributed by atoms with Gasteiger partial charge in [0.1, 0.15) is 5.78 Å². The zero-order valence-electron chi connectivity index (χ0n) is 13.4. The molecule has 0 amide bonds. The lowest BCUT2D eigenvalue weighted by Gasteiger charge is -2.34. The van der Waals surface area contributed by atoms with Crippen molar-refractivity contribution >= 4 is 23.4 Å². The smallest absolute Gasteiger partial charge is 0.338 e. The van der Waals surface area contributed by atoms with Gasteiger partial charge >= 0.3 is 5.97 Å².